The van der Waals surface area contributed by atoms with Gasteiger partial charge in [0.15, 0.2) is 0 Å². The molecule has 0 aliphatic heterocycles. The van der Waals surface area contributed by atoms with Crippen LogP contribution in [0.25, 0.3) is 22.2 Å². The maximum atomic E-state index is 13.0. The van der Waals surface area contributed by atoms with Gasteiger partial charge >= 0.3 is 0 Å². The van der Waals surface area contributed by atoms with Gasteiger partial charge < -0.3 is 10.5 Å². The number of pyridine rings is 1. The summed E-state index contributed by atoms with van der Waals surface area (Å²) in [6, 6.07) is 15.4. The number of ether oxygens (including phenoxy) is 1. The molecule has 1 aromatic heterocycles. The van der Waals surface area contributed by atoms with E-state index in [0.29, 0.717) is 17.7 Å². The average molecular weight is 363 g/mol. The second kappa shape index (κ2) is 8.55. The number of aromatic nitrogens is 1. The van der Waals surface area contributed by atoms with Crippen molar-refractivity contribution in [3.8, 4) is 17.0 Å². The molecule has 6 heteroatoms. The summed E-state index contributed by atoms with van der Waals surface area (Å²) in [6.07, 6.45) is 0.470. The molecule has 0 atom stereocenters. The van der Waals surface area contributed by atoms with E-state index in [0.717, 1.165) is 22.2 Å². The zero-order valence-corrected chi connectivity index (χ0v) is 14.1. The molecule has 2 N–H and O–H groups in total. The van der Waals surface area contributed by atoms with Crippen molar-refractivity contribution in [2.75, 3.05) is 13.2 Å². The van der Waals surface area contributed by atoms with Crippen molar-refractivity contribution in [1.29, 1.82) is 0 Å². The molecule has 130 valence electrons. The molecule has 0 saturated heterocycles. The smallest absolute Gasteiger partial charge is 0.123 e. The number of nitrogens with two attached hydrogens (primary N) is 1. The molecule has 0 aliphatic rings. The highest BCUT2D eigenvalue weighted by Gasteiger charge is 2.04. The first kappa shape index (κ1) is 18.8. The van der Waals surface area contributed by atoms with Crippen LogP contribution >= 0.6 is 12.4 Å². The lowest BCUT2D eigenvalue weighted by Crippen LogP contribution is -2.10. The molecule has 0 radical (unpaired) electrons. The predicted molar refractivity (Wildman–Crippen MR) is 98.1 cm³/mol. The van der Waals surface area contributed by atoms with Gasteiger partial charge in [0.1, 0.15) is 18.2 Å². The lowest BCUT2D eigenvalue weighted by molar-refractivity contribution is 0.348. The summed E-state index contributed by atoms with van der Waals surface area (Å²) in [5, 5.41) is 0.900. The molecule has 0 aliphatic carbocycles. The van der Waals surface area contributed by atoms with Crippen LogP contribution in [0.4, 0.5) is 8.78 Å². The molecular weight excluding hydrogens is 346 g/mol. The molecule has 25 heavy (non-hydrogen) atoms. The highest BCUT2D eigenvalue weighted by Crippen LogP contribution is 2.24. The summed E-state index contributed by atoms with van der Waals surface area (Å²) >= 11 is 0. The van der Waals surface area contributed by atoms with Gasteiger partial charge in [-0.15, -0.1) is 12.4 Å². The van der Waals surface area contributed by atoms with Crippen LogP contribution in [-0.4, -0.2) is 18.1 Å². The summed E-state index contributed by atoms with van der Waals surface area (Å²) in [6.45, 7) is 0.228. The highest BCUT2D eigenvalue weighted by molar-refractivity contribution is 5.85. The van der Waals surface area contributed by atoms with Gasteiger partial charge in [-0.3, -0.25) is 0 Å². The number of nitrogens with zero attached hydrogens (tertiary/aromatic N) is 1. The van der Waals surface area contributed by atoms with Crippen molar-refractivity contribution >= 4 is 23.3 Å². The van der Waals surface area contributed by atoms with Crippen LogP contribution in [0.3, 0.4) is 0 Å². The van der Waals surface area contributed by atoms with Gasteiger partial charge in [0, 0.05) is 23.1 Å². The van der Waals surface area contributed by atoms with Crippen molar-refractivity contribution in [2.24, 2.45) is 5.73 Å². The SMILES string of the molecule is Cl.NC/C(=C\F)COc1ccc2nc(-c3ccc(F)cc3)ccc2c1. The molecule has 0 bridgehead atoms. The van der Waals surface area contributed by atoms with Crippen molar-refractivity contribution < 1.29 is 13.5 Å². The van der Waals surface area contributed by atoms with E-state index in [-0.39, 0.29) is 31.4 Å². The Hall–Kier alpha value is -2.50. The number of hydrogen-bond acceptors (Lipinski definition) is 3. The van der Waals surface area contributed by atoms with Crippen molar-refractivity contribution in [1.82, 2.24) is 4.98 Å². The van der Waals surface area contributed by atoms with E-state index in [2.05, 4.69) is 4.98 Å². The molecule has 1 heterocycles. The Kier molecular flexibility index (Phi) is 6.44. The Labute approximate surface area is 150 Å². The second-order valence-corrected chi connectivity index (χ2v) is 5.32. The summed E-state index contributed by atoms with van der Waals surface area (Å²) in [4.78, 5) is 4.57. The van der Waals surface area contributed by atoms with Gasteiger partial charge in [0.2, 0.25) is 0 Å². The molecule has 0 unspecified atom stereocenters. The summed E-state index contributed by atoms with van der Waals surface area (Å²) in [5.74, 6) is 0.340. The lowest BCUT2D eigenvalue weighted by Gasteiger charge is -2.09. The quantitative estimate of drug-likeness (QED) is 0.718. The van der Waals surface area contributed by atoms with Crippen LogP contribution in [-0.2, 0) is 0 Å². The third-order valence-corrected chi connectivity index (χ3v) is 3.64. The maximum absolute atomic E-state index is 13.0. The zero-order chi connectivity index (χ0) is 16.9. The van der Waals surface area contributed by atoms with Crippen molar-refractivity contribution in [3.63, 3.8) is 0 Å². The van der Waals surface area contributed by atoms with Gasteiger partial charge in [0.25, 0.3) is 0 Å². The van der Waals surface area contributed by atoms with Crippen molar-refractivity contribution in [2.45, 2.75) is 0 Å². The minimum Gasteiger partial charge on any atom is -0.489 e. The molecule has 0 amide bonds. The van der Waals surface area contributed by atoms with Crippen molar-refractivity contribution in [3.05, 3.63) is 72.3 Å². The fourth-order valence-corrected chi connectivity index (χ4v) is 2.29. The monoisotopic (exact) mass is 362 g/mol. The molecule has 2 aromatic carbocycles. The Bertz CT molecular complexity index is 882. The molecule has 3 nitrogen and oxygen atoms in total. The number of benzene rings is 2. The Morgan fingerprint density at radius 2 is 1.84 bits per heavy atom. The standard InChI is InChI=1S/C19H16F2N2O.ClH/c20-10-13(11-22)12-24-17-6-8-19-15(9-17)3-7-18(23-19)14-1-4-16(21)5-2-14;/h1-10H,11-12,22H2;1H/b13-10+;. The Balaban J connectivity index is 0.00000225. The topological polar surface area (TPSA) is 48.1 Å². The number of rotatable bonds is 5. The first-order valence-electron chi connectivity index (χ1n) is 7.47. The fourth-order valence-electron chi connectivity index (χ4n) is 2.29. The number of halogens is 3. The maximum Gasteiger partial charge on any atom is 0.123 e. The fraction of sp³-hybridized carbons (Fsp3) is 0.105. The summed E-state index contributed by atoms with van der Waals surface area (Å²) in [5.41, 5.74) is 8.19. The lowest BCUT2D eigenvalue weighted by atomic mass is 10.1. The summed E-state index contributed by atoms with van der Waals surface area (Å²) < 4.78 is 31.0. The molecule has 0 saturated carbocycles. The Morgan fingerprint density at radius 3 is 2.52 bits per heavy atom. The van der Waals surface area contributed by atoms with E-state index >= 15 is 0 Å². The van der Waals surface area contributed by atoms with E-state index in [1.54, 1.807) is 18.2 Å². The van der Waals surface area contributed by atoms with Gasteiger partial charge in [-0.05, 0) is 48.5 Å². The number of hydrogen-bond donors (Lipinski definition) is 1. The van der Waals surface area contributed by atoms with Crippen LogP contribution in [0.15, 0.2) is 66.5 Å². The zero-order valence-electron chi connectivity index (χ0n) is 13.3. The van der Waals surface area contributed by atoms with Crippen LogP contribution in [0, 0.1) is 5.82 Å². The molecule has 0 spiro atoms. The third-order valence-electron chi connectivity index (χ3n) is 3.64. The average Bonchev–Trinajstić information content (AvgIpc) is 2.62. The second-order valence-electron chi connectivity index (χ2n) is 5.32. The van der Waals surface area contributed by atoms with E-state index in [1.807, 2.05) is 24.3 Å². The first-order chi connectivity index (χ1) is 11.7. The molecule has 3 aromatic rings. The molecule has 3 rings (SSSR count). The highest BCUT2D eigenvalue weighted by atomic mass is 35.5. The molecular formula is C19H17ClF2N2O. The summed E-state index contributed by atoms with van der Waals surface area (Å²) in [7, 11) is 0. The largest absolute Gasteiger partial charge is 0.489 e. The normalized spacial score (nSPS) is 11.2. The Morgan fingerprint density at radius 1 is 1.08 bits per heavy atom. The van der Waals surface area contributed by atoms with Gasteiger partial charge in [-0.25, -0.2) is 13.8 Å². The van der Waals surface area contributed by atoms with E-state index < -0.39 is 0 Å². The van der Waals surface area contributed by atoms with Crippen LogP contribution in [0.2, 0.25) is 0 Å². The predicted octanol–water partition coefficient (Wildman–Crippen LogP) is 4.65. The minimum atomic E-state index is -0.277. The van der Waals surface area contributed by atoms with Gasteiger partial charge in [0.05, 0.1) is 17.5 Å². The third kappa shape index (κ3) is 4.53. The van der Waals surface area contributed by atoms with Crippen LogP contribution in [0.5, 0.6) is 5.75 Å². The first-order valence-corrected chi connectivity index (χ1v) is 7.47. The van der Waals surface area contributed by atoms with Crippen LogP contribution < -0.4 is 10.5 Å². The van der Waals surface area contributed by atoms with E-state index in [9.17, 15) is 8.78 Å². The molecule has 0 fully saturated rings. The number of fused-ring (bicyclic) bond motifs is 1. The van der Waals surface area contributed by atoms with E-state index in [4.69, 9.17) is 10.5 Å². The van der Waals surface area contributed by atoms with Gasteiger partial charge in [-0.1, -0.05) is 6.07 Å². The van der Waals surface area contributed by atoms with Gasteiger partial charge in [-0.2, -0.15) is 0 Å². The minimum absolute atomic E-state index is 0. The van der Waals surface area contributed by atoms with Crippen LogP contribution in [0.1, 0.15) is 0 Å². The van der Waals surface area contributed by atoms with E-state index in [1.165, 1.54) is 12.1 Å².